The van der Waals surface area contributed by atoms with E-state index in [1.54, 1.807) is 0 Å². The zero-order valence-electron chi connectivity index (χ0n) is 8.38. The molecule has 0 aliphatic carbocycles. The van der Waals surface area contributed by atoms with Gasteiger partial charge in [0.25, 0.3) is 0 Å². The highest BCUT2D eigenvalue weighted by atomic mass is 16.5. The Labute approximate surface area is 79.3 Å². The Morgan fingerprint density at radius 1 is 1.54 bits per heavy atom. The summed E-state index contributed by atoms with van der Waals surface area (Å²) in [5.74, 6) is -0.216. The summed E-state index contributed by atoms with van der Waals surface area (Å²) in [4.78, 5) is 11.1. The van der Waals surface area contributed by atoms with Crippen molar-refractivity contribution >= 4 is 5.97 Å². The van der Waals surface area contributed by atoms with Crippen LogP contribution in [0.4, 0.5) is 0 Å². The molecule has 4 nitrogen and oxygen atoms in total. The highest BCUT2D eigenvalue weighted by Gasteiger charge is 2.14. The van der Waals surface area contributed by atoms with Gasteiger partial charge in [0.2, 0.25) is 0 Å². The van der Waals surface area contributed by atoms with Gasteiger partial charge in [-0.25, -0.2) is 0 Å². The Hall–Kier alpha value is -0.610. The topological polar surface area (TPSA) is 58.6 Å². The van der Waals surface area contributed by atoms with Crippen LogP contribution in [0.2, 0.25) is 0 Å². The number of hydrogen-bond acceptors (Lipinski definition) is 4. The van der Waals surface area contributed by atoms with Crippen LogP contribution in [0.1, 0.15) is 26.2 Å². The van der Waals surface area contributed by atoms with E-state index in [9.17, 15) is 4.79 Å². The number of rotatable bonds is 7. The second-order valence-corrected chi connectivity index (χ2v) is 2.87. The third-order valence-electron chi connectivity index (χ3n) is 1.87. The van der Waals surface area contributed by atoms with E-state index in [0.717, 1.165) is 25.8 Å². The summed E-state index contributed by atoms with van der Waals surface area (Å²) < 4.78 is 4.61. The normalized spacial score (nSPS) is 12.5. The maximum atomic E-state index is 11.1. The van der Waals surface area contributed by atoms with Crippen molar-refractivity contribution in [2.45, 2.75) is 32.2 Å². The van der Waals surface area contributed by atoms with E-state index in [-0.39, 0.29) is 18.6 Å². The van der Waals surface area contributed by atoms with E-state index in [4.69, 9.17) is 5.11 Å². The average Bonchev–Trinajstić information content (AvgIpc) is 2.17. The molecule has 1 unspecified atom stereocenters. The number of unbranched alkanes of at least 4 members (excludes halogenated alkanes) is 1. The van der Waals surface area contributed by atoms with Crippen LogP contribution in [0.25, 0.3) is 0 Å². The summed E-state index contributed by atoms with van der Waals surface area (Å²) in [5.41, 5.74) is 0. The maximum absolute atomic E-state index is 11.1. The van der Waals surface area contributed by atoms with E-state index >= 15 is 0 Å². The maximum Gasteiger partial charge on any atom is 0.322 e. The molecule has 0 aromatic carbocycles. The molecule has 2 N–H and O–H groups in total. The van der Waals surface area contributed by atoms with Crippen LogP contribution in [0, 0.1) is 0 Å². The lowest BCUT2D eigenvalue weighted by Crippen LogP contribution is -2.37. The lowest BCUT2D eigenvalue weighted by atomic mass is 10.2. The Morgan fingerprint density at radius 3 is 2.69 bits per heavy atom. The molecule has 0 aromatic heterocycles. The van der Waals surface area contributed by atoms with E-state index in [2.05, 4.69) is 10.1 Å². The number of ether oxygens (including phenoxy) is 1. The standard InChI is InChI=1S/C9H19NO3/c1-3-8(9(12)13-2)10-6-4-5-7-11/h8,10-11H,3-7H2,1-2H3. The van der Waals surface area contributed by atoms with Gasteiger partial charge in [0.05, 0.1) is 7.11 Å². The fourth-order valence-electron chi connectivity index (χ4n) is 1.05. The minimum Gasteiger partial charge on any atom is -0.468 e. The van der Waals surface area contributed by atoms with Crippen molar-refractivity contribution in [2.24, 2.45) is 0 Å². The highest BCUT2D eigenvalue weighted by molar-refractivity contribution is 5.75. The second-order valence-electron chi connectivity index (χ2n) is 2.87. The number of hydrogen-bond donors (Lipinski definition) is 2. The smallest absolute Gasteiger partial charge is 0.322 e. The summed E-state index contributed by atoms with van der Waals surface area (Å²) in [7, 11) is 1.39. The van der Waals surface area contributed by atoms with Crippen LogP contribution in [0.15, 0.2) is 0 Å². The van der Waals surface area contributed by atoms with Gasteiger partial charge in [0.1, 0.15) is 6.04 Å². The Bertz CT molecular complexity index is 139. The molecule has 0 radical (unpaired) electrons. The van der Waals surface area contributed by atoms with Crippen LogP contribution < -0.4 is 5.32 Å². The minimum absolute atomic E-state index is 0.205. The predicted octanol–water partition coefficient (Wildman–Crippen LogP) is 0.300. The number of aliphatic hydroxyl groups is 1. The zero-order chi connectivity index (χ0) is 10.1. The summed E-state index contributed by atoms with van der Waals surface area (Å²) in [5, 5.41) is 11.6. The molecule has 1 atom stereocenters. The molecule has 0 aliphatic heterocycles. The molecular weight excluding hydrogens is 170 g/mol. The number of nitrogens with one attached hydrogen (secondary N) is 1. The van der Waals surface area contributed by atoms with Gasteiger partial charge in [-0.05, 0) is 25.8 Å². The summed E-state index contributed by atoms with van der Waals surface area (Å²) in [6.45, 7) is 2.88. The molecule has 0 spiro atoms. The molecular formula is C9H19NO3. The molecule has 0 amide bonds. The van der Waals surface area contributed by atoms with Crippen molar-refractivity contribution < 1.29 is 14.6 Å². The first kappa shape index (κ1) is 12.4. The first-order valence-corrected chi connectivity index (χ1v) is 4.68. The van der Waals surface area contributed by atoms with Gasteiger partial charge in [0.15, 0.2) is 0 Å². The molecule has 0 bridgehead atoms. The quantitative estimate of drug-likeness (QED) is 0.447. The number of carbonyl (C=O) groups is 1. The SMILES string of the molecule is CCC(NCCCCO)C(=O)OC. The predicted molar refractivity (Wildman–Crippen MR) is 50.4 cm³/mol. The van der Waals surface area contributed by atoms with Crippen LogP contribution in [-0.2, 0) is 9.53 Å². The molecule has 0 heterocycles. The second kappa shape index (κ2) is 8.01. The monoisotopic (exact) mass is 189 g/mol. The van der Waals surface area contributed by atoms with Crippen molar-refractivity contribution in [3.8, 4) is 0 Å². The molecule has 0 aromatic rings. The van der Waals surface area contributed by atoms with Gasteiger partial charge in [-0.2, -0.15) is 0 Å². The van der Waals surface area contributed by atoms with E-state index in [0.29, 0.717) is 0 Å². The van der Waals surface area contributed by atoms with Gasteiger partial charge in [0, 0.05) is 6.61 Å². The largest absolute Gasteiger partial charge is 0.468 e. The molecule has 4 heteroatoms. The molecule has 0 saturated heterocycles. The lowest BCUT2D eigenvalue weighted by molar-refractivity contribution is -0.143. The lowest BCUT2D eigenvalue weighted by Gasteiger charge is -2.13. The van der Waals surface area contributed by atoms with Crippen LogP contribution in [0.5, 0.6) is 0 Å². The van der Waals surface area contributed by atoms with Crippen LogP contribution >= 0.6 is 0 Å². The van der Waals surface area contributed by atoms with E-state index in [1.165, 1.54) is 7.11 Å². The summed E-state index contributed by atoms with van der Waals surface area (Å²) in [6, 6.07) is -0.205. The first-order valence-electron chi connectivity index (χ1n) is 4.68. The molecule has 0 aliphatic rings. The molecule has 78 valence electrons. The van der Waals surface area contributed by atoms with Gasteiger partial charge in [-0.15, -0.1) is 0 Å². The fourth-order valence-corrected chi connectivity index (χ4v) is 1.05. The molecule has 0 fully saturated rings. The van der Waals surface area contributed by atoms with Crippen molar-refractivity contribution in [1.82, 2.24) is 5.32 Å². The van der Waals surface area contributed by atoms with Gasteiger partial charge in [-0.3, -0.25) is 4.79 Å². The van der Waals surface area contributed by atoms with Crippen molar-refractivity contribution in [3.63, 3.8) is 0 Å². The minimum atomic E-state index is -0.216. The molecule has 0 saturated carbocycles. The fraction of sp³-hybridized carbons (Fsp3) is 0.889. The average molecular weight is 189 g/mol. The summed E-state index contributed by atoms with van der Waals surface area (Å²) in [6.07, 6.45) is 2.38. The van der Waals surface area contributed by atoms with Crippen LogP contribution in [0.3, 0.4) is 0 Å². The van der Waals surface area contributed by atoms with Gasteiger partial charge in [-0.1, -0.05) is 6.92 Å². The van der Waals surface area contributed by atoms with Crippen LogP contribution in [-0.4, -0.2) is 37.4 Å². The number of aliphatic hydroxyl groups excluding tert-OH is 1. The third-order valence-corrected chi connectivity index (χ3v) is 1.87. The number of methoxy groups -OCH3 is 1. The molecule has 13 heavy (non-hydrogen) atoms. The van der Waals surface area contributed by atoms with Gasteiger partial charge >= 0.3 is 5.97 Å². The zero-order valence-corrected chi connectivity index (χ0v) is 8.38. The van der Waals surface area contributed by atoms with E-state index < -0.39 is 0 Å². The highest BCUT2D eigenvalue weighted by Crippen LogP contribution is 1.94. The van der Waals surface area contributed by atoms with Crippen molar-refractivity contribution in [3.05, 3.63) is 0 Å². The Kier molecular flexibility index (Phi) is 7.63. The third kappa shape index (κ3) is 5.60. The first-order chi connectivity index (χ1) is 6.26. The Morgan fingerprint density at radius 2 is 2.23 bits per heavy atom. The van der Waals surface area contributed by atoms with Crippen molar-refractivity contribution in [2.75, 3.05) is 20.3 Å². The summed E-state index contributed by atoms with van der Waals surface area (Å²) >= 11 is 0. The number of carbonyl (C=O) groups excluding carboxylic acids is 1. The number of esters is 1. The van der Waals surface area contributed by atoms with E-state index in [1.807, 2.05) is 6.92 Å². The van der Waals surface area contributed by atoms with Crippen molar-refractivity contribution in [1.29, 1.82) is 0 Å². The molecule has 0 rings (SSSR count). The van der Waals surface area contributed by atoms with Gasteiger partial charge < -0.3 is 15.2 Å². The Balaban J connectivity index is 3.53.